The van der Waals surface area contributed by atoms with Gasteiger partial charge in [-0.1, -0.05) is 48.0 Å². The molecule has 0 bridgehead atoms. The number of nitrogens with zero attached hydrogens (tertiary/aromatic N) is 1. The van der Waals surface area contributed by atoms with E-state index < -0.39 is 16.1 Å². The van der Waals surface area contributed by atoms with Crippen LogP contribution in [0.4, 0.5) is 0 Å². The fourth-order valence-electron chi connectivity index (χ4n) is 2.32. The third kappa shape index (κ3) is 4.45. The van der Waals surface area contributed by atoms with Crippen LogP contribution in [0.15, 0.2) is 53.4 Å². The molecule has 0 aromatic heterocycles. The van der Waals surface area contributed by atoms with Gasteiger partial charge in [0.15, 0.2) is 0 Å². The first-order chi connectivity index (χ1) is 11.7. The normalized spacial score (nSPS) is 12.8. The molecule has 6 nitrogen and oxygen atoms in total. The average molecular weight is 361 g/mol. The predicted octanol–water partition coefficient (Wildman–Crippen LogP) is 1.56. The molecule has 0 heterocycles. The average Bonchev–Trinajstić information content (AvgIpc) is 2.59. The number of nitrogens with one attached hydrogen (secondary N) is 1. The lowest BCUT2D eigenvalue weighted by atomic mass is 10.1. The maximum absolute atomic E-state index is 12.4. The molecule has 0 radical (unpaired) electrons. The van der Waals surface area contributed by atoms with Crippen molar-refractivity contribution in [3.05, 3.63) is 65.2 Å². The molecule has 1 unspecified atom stereocenters. The predicted molar refractivity (Wildman–Crippen MR) is 97.3 cm³/mol. The molecule has 1 amide bonds. The Morgan fingerprint density at radius 2 is 1.72 bits per heavy atom. The highest BCUT2D eigenvalue weighted by Gasteiger charge is 2.22. The lowest BCUT2D eigenvalue weighted by molar-refractivity contribution is -0.122. The van der Waals surface area contributed by atoms with Crippen molar-refractivity contribution in [2.45, 2.75) is 24.4 Å². The van der Waals surface area contributed by atoms with Crippen molar-refractivity contribution < 1.29 is 13.2 Å². The van der Waals surface area contributed by atoms with Crippen molar-refractivity contribution >= 4 is 15.9 Å². The molecular weight excluding hydrogens is 338 g/mol. The Bertz CT molecular complexity index is 846. The van der Waals surface area contributed by atoms with E-state index in [2.05, 4.69) is 5.32 Å². The maximum atomic E-state index is 12.4. The number of amides is 1. The zero-order valence-electron chi connectivity index (χ0n) is 14.6. The summed E-state index contributed by atoms with van der Waals surface area (Å²) in [6.45, 7) is 2.04. The fourth-order valence-corrected chi connectivity index (χ4v) is 3.43. The zero-order chi connectivity index (χ0) is 18.6. The van der Waals surface area contributed by atoms with Crippen LogP contribution in [0.3, 0.4) is 0 Å². The Balaban J connectivity index is 2.14. The van der Waals surface area contributed by atoms with Gasteiger partial charge in [-0.15, -0.1) is 0 Å². The number of rotatable bonds is 6. The van der Waals surface area contributed by atoms with Crippen LogP contribution in [0.25, 0.3) is 0 Å². The smallest absolute Gasteiger partial charge is 0.242 e. The second kappa shape index (κ2) is 7.77. The highest BCUT2D eigenvalue weighted by molar-refractivity contribution is 7.89. The van der Waals surface area contributed by atoms with Crippen molar-refractivity contribution in [3.8, 4) is 0 Å². The van der Waals surface area contributed by atoms with E-state index in [1.54, 1.807) is 18.2 Å². The molecule has 0 fully saturated rings. The highest BCUT2D eigenvalue weighted by Crippen LogP contribution is 2.19. The Morgan fingerprint density at radius 3 is 2.32 bits per heavy atom. The number of carbonyl (C=O) groups excluding carboxylic acids is 1. The van der Waals surface area contributed by atoms with Crippen LogP contribution in [0.1, 0.15) is 22.7 Å². The molecule has 0 aliphatic carbocycles. The Kier molecular flexibility index (Phi) is 5.94. The molecule has 0 saturated carbocycles. The van der Waals surface area contributed by atoms with E-state index in [-0.39, 0.29) is 17.3 Å². The van der Waals surface area contributed by atoms with E-state index in [9.17, 15) is 13.2 Å². The van der Waals surface area contributed by atoms with Crippen molar-refractivity contribution in [2.75, 3.05) is 14.1 Å². The lowest BCUT2D eigenvalue weighted by Gasteiger charge is -2.17. The molecule has 1 atom stereocenters. The number of carbonyl (C=O) groups is 1. The largest absolute Gasteiger partial charge is 0.350 e. The first-order valence-electron chi connectivity index (χ1n) is 7.84. The van der Waals surface area contributed by atoms with Crippen molar-refractivity contribution in [1.29, 1.82) is 0 Å². The molecule has 134 valence electrons. The van der Waals surface area contributed by atoms with Gasteiger partial charge in [-0.3, -0.25) is 4.79 Å². The SMILES string of the molecule is Cc1ccc(C(N)C(=O)NCc2ccccc2S(=O)(=O)N(C)C)cc1. The van der Waals surface area contributed by atoms with Crippen LogP contribution in [0.5, 0.6) is 0 Å². The fraction of sp³-hybridized carbons (Fsp3) is 0.278. The van der Waals surface area contributed by atoms with Gasteiger partial charge in [0, 0.05) is 20.6 Å². The number of sulfonamides is 1. The van der Waals surface area contributed by atoms with Crippen molar-refractivity contribution in [1.82, 2.24) is 9.62 Å². The molecule has 0 saturated heterocycles. The summed E-state index contributed by atoms with van der Waals surface area (Å²) in [6.07, 6.45) is 0. The van der Waals surface area contributed by atoms with Gasteiger partial charge >= 0.3 is 0 Å². The van der Waals surface area contributed by atoms with E-state index >= 15 is 0 Å². The summed E-state index contributed by atoms with van der Waals surface area (Å²) in [5.74, 6) is -0.360. The van der Waals surface area contributed by atoms with Crippen molar-refractivity contribution in [3.63, 3.8) is 0 Å². The van der Waals surface area contributed by atoms with E-state index in [1.807, 2.05) is 31.2 Å². The Hall–Kier alpha value is -2.22. The molecule has 3 N–H and O–H groups in total. The van der Waals surface area contributed by atoms with Gasteiger partial charge in [0.2, 0.25) is 15.9 Å². The lowest BCUT2D eigenvalue weighted by Crippen LogP contribution is -2.34. The number of hydrogen-bond acceptors (Lipinski definition) is 4. The van der Waals surface area contributed by atoms with Gasteiger partial charge in [-0.05, 0) is 24.1 Å². The molecule has 25 heavy (non-hydrogen) atoms. The minimum Gasteiger partial charge on any atom is -0.350 e. The monoisotopic (exact) mass is 361 g/mol. The number of benzene rings is 2. The highest BCUT2D eigenvalue weighted by atomic mass is 32.2. The summed E-state index contributed by atoms with van der Waals surface area (Å²) in [5.41, 5.74) is 8.29. The molecule has 0 spiro atoms. The van der Waals surface area contributed by atoms with Crippen LogP contribution < -0.4 is 11.1 Å². The van der Waals surface area contributed by atoms with E-state index in [1.165, 1.54) is 20.2 Å². The molecule has 0 aliphatic rings. The van der Waals surface area contributed by atoms with Crippen molar-refractivity contribution in [2.24, 2.45) is 5.73 Å². The first kappa shape index (κ1) is 19.1. The maximum Gasteiger partial charge on any atom is 0.242 e. The van der Waals surface area contributed by atoms with Crippen LogP contribution >= 0.6 is 0 Å². The molecule has 7 heteroatoms. The van der Waals surface area contributed by atoms with E-state index in [4.69, 9.17) is 5.73 Å². The molecule has 2 rings (SSSR count). The third-order valence-corrected chi connectivity index (χ3v) is 5.82. The van der Waals surface area contributed by atoms with Crippen LogP contribution in [-0.2, 0) is 21.4 Å². The standard InChI is InChI=1S/C18H23N3O3S/c1-13-8-10-14(11-9-13)17(19)18(22)20-12-15-6-4-5-7-16(15)25(23,24)21(2)3/h4-11,17H,12,19H2,1-3H3,(H,20,22). The van der Waals surface area contributed by atoms with Crippen LogP contribution in [0, 0.1) is 6.92 Å². The summed E-state index contributed by atoms with van der Waals surface area (Å²) in [6, 6.07) is 13.2. The Morgan fingerprint density at radius 1 is 1.12 bits per heavy atom. The number of aryl methyl sites for hydroxylation is 1. The van der Waals surface area contributed by atoms with Crippen LogP contribution in [0.2, 0.25) is 0 Å². The van der Waals surface area contributed by atoms with E-state index in [0.717, 1.165) is 9.87 Å². The Labute approximate surface area is 148 Å². The molecule has 2 aromatic carbocycles. The molecule has 2 aromatic rings. The summed E-state index contributed by atoms with van der Waals surface area (Å²) >= 11 is 0. The van der Waals surface area contributed by atoms with Gasteiger partial charge in [0.1, 0.15) is 6.04 Å². The first-order valence-corrected chi connectivity index (χ1v) is 9.28. The quantitative estimate of drug-likeness (QED) is 0.817. The van der Waals surface area contributed by atoms with E-state index in [0.29, 0.717) is 11.1 Å². The molecular formula is C18H23N3O3S. The minimum absolute atomic E-state index is 0.0850. The number of nitrogens with two attached hydrogens (primary N) is 1. The van der Waals surface area contributed by atoms with Gasteiger partial charge in [-0.2, -0.15) is 0 Å². The summed E-state index contributed by atoms with van der Waals surface area (Å²) in [5, 5.41) is 2.72. The second-order valence-electron chi connectivity index (χ2n) is 6.00. The van der Waals surface area contributed by atoms with Gasteiger partial charge in [0.25, 0.3) is 0 Å². The second-order valence-corrected chi connectivity index (χ2v) is 8.12. The molecule has 0 aliphatic heterocycles. The van der Waals surface area contributed by atoms with Gasteiger partial charge in [-0.25, -0.2) is 12.7 Å². The minimum atomic E-state index is -3.58. The topological polar surface area (TPSA) is 92.5 Å². The van der Waals surface area contributed by atoms with Crippen LogP contribution in [-0.4, -0.2) is 32.7 Å². The third-order valence-electron chi connectivity index (χ3n) is 3.90. The summed E-state index contributed by atoms with van der Waals surface area (Å²) < 4.78 is 25.9. The van der Waals surface area contributed by atoms with Gasteiger partial charge in [0.05, 0.1) is 4.90 Å². The summed E-state index contributed by atoms with van der Waals surface area (Å²) in [4.78, 5) is 12.5. The zero-order valence-corrected chi connectivity index (χ0v) is 15.4. The summed E-state index contributed by atoms with van der Waals surface area (Å²) in [7, 11) is -0.641. The van der Waals surface area contributed by atoms with Gasteiger partial charge < -0.3 is 11.1 Å². The number of hydrogen-bond donors (Lipinski definition) is 2.